The smallest absolute Gasteiger partial charge is 0.305 e. The number of carbonyl (C=O) groups is 1. The molecule has 6 nitrogen and oxygen atoms in total. The normalized spacial score (nSPS) is 10.4. The van der Waals surface area contributed by atoms with Crippen LogP contribution in [0.5, 0.6) is 17.2 Å². The molecule has 0 radical (unpaired) electrons. The second kappa shape index (κ2) is 6.98. The minimum atomic E-state index is -0.279. The zero-order chi connectivity index (χ0) is 16.1. The van der Waals surface area contributed by atoms with E-state index >= 15 is 0 Å². The molecule has 0 amide bonds. The van der Waals surface area contributed by atoms with E-state index in [9.17, 15) is 4.79 Å². The number of rotatable bonds is 6. The van der Waals surface area contributed by atoms with Gasteiger partial charge in [-0.1, -0.05) is 0 Å². The van der Waals surface area contributed by atoms with Crippen LogP contribution in [0.25, 0.3) is 10.8 Å². The van der Waals surface area contributed by atoms with Crippen molar-refractivity contribution in [2.45, 2.75) is 12.8 Å². The molecule has 0 atom stereocenters. The summed E-state index contributed by atoms with van der Waals surface area (Å²) in [5, 5.41) is 1.72. The number of pyridine rings is 1. The molecule has 0 saturated carbocycles. The number of fused-ring (bicyclic) bond motifs is 1. The highest BCUT2D eigenvalue weighted by Crippen LogP contribution is 2.44. The number of hydrogen-bond acceptors (Lipinski definition) is 6. The monoisotopic (exact) mass is 305 g/mol. The summed E-state index contributed by atoms with van der Waals surface area (Å²) in [7, 11) is 6.06. The molecule has 0 fully saturated rings. The van der Waals surface area contributed by atoms with Gasteiger partial charge in [-0.2, -0.15) is 0 Å². The third kappa shape index (κ3) is 2.90. The predicted molar refractivity (Wildman–Crippen MR) is 81.7 cm³/mol. The average Bonchev–Trinajstić information content (AvgIpc) is 2.57. The molecule has 2 rings (SSSR count). The molecule has 0 aliphatic carbocycles. The lowest BCUT2D eigenvalue weighted by Gasteiger charge is -2.16. The minimum absolute atomic E-state index is 0.250. The maximum atomic E-state index is 11.4. The highest BCUT2D eigenvalue weighted by Gasteiger charge is 2.19. The summed E-state index contributed by atoms with van der Waals surface area (Å²) in [6.07, 6.45) is 2.40. The molecule has 2 aromatic rings. The van der Waals surface area contributed by atoms with Gasteiger partial charge in [0.2, 0.25) is 5.75 Å². The van der Waals surface area contributed by atoms with Crippen molar-refractivity contribution in [3.8, 4) is 17.2 Å². The lowest BCUT2D eigenvalue weighted by molar-refractivity contribution is -0.140. The first-order valence-electron chi connectivity index (χ1n) is 6.79. The van der Waals surface area contributed by atoms with E-state index in [1.807, 2.05) is 12.1 Å². The lowest BCUT2D eigenvalue weighted by Crippen LogP contribution is -2.04. The van der Waals surface area contributed by atoms with Crippen LogP contribution >= 0.6 is 0 Å². The van der Waals surface area contributed by atoms with Gasteiger partial charge < -0.3 is 18.9 Å². The zero-order valence-electron chi connectivity index (χ0n) is 13.1. The van der Waals surface area contributed by atoms with E-state index in [-0.39, 0.29) is 12.4 Å². The number of aromatic nitrogens is 1. The van der Waals surface area contributed by atoms with Crippen LogP contribution in [-0.2, 0) is 16.0 Å². The van der Waals surface area contributed by atoms with Gasteiger partial charge in [0.1, 0.15) is 0 Å². The number of esters is 1. The third-order valence-electron chi connectivity index (χ3n) is 3.43. The van der Waals surface area contributed by atoms with E-state index in [0.717, 1.165) is 16.5 Å². The number of aryl methyl sites for hydroxylation is 1. The van der Waals surface area contributed by atoms with E-state index in [1.165, 1.54) is 7.11 Å². The number of ether oxygens (including phenoxy) is 4. The standard InChI is InChI=1S/C16H19NO5/c1-19-12-9-10-7-8-17-11(5-6-13(18)20-2)14(10)16(22-4)15(12)21-3/h7-9H,5-6H2,1-4H3. The Morgan fingerprint density at radius 2 is 1.82 bits per heavy atom. The van der Waals surface area contributed by atoms with Crippen LogP contribution < -0.4 is 14.2 Å². The van der Waals surface area contributed by atoms with Crippen LogP contribution in [0, 0.1) is 0 Å². The molecule has 22 heavy (non-hydrogen) atoms. The summed E-state index contributed by atoms with van der Waals surface area (Å²) in [6.45, 7) is 0. The summed E-state index contributed by atoms with van der Waals surface area (Å²) in [6, 6.07) is 3.72. The molecule has 0 spiro atoms. The van der Waals surface area contributed by atoms with E-state index in [1.54, 1.807) is 27.5 Å². The van der Waals surface area contributed by atoms with Gasteiger partial charge in [0.25, 0.3) is 0 Å². The van der Waals surface area contributed by atoms with Gasteiger partial charge >= 0.3 is 5.97 Å². The average molecular weight is 305 g/mol. The maximum absolute atomic E-state index is 11.4. The molecular weight excluding hydrogens is 286 g/mol. The molecule has 118 valence electrons. The van der Waals surface area contributed by atoms with Gasteiger partial charge in [0.15, 0.2) is 11.5 Å². The number of nitrogens with zero attached hydrogens (tertiary/aromatic N) is 1. The van der Waals surface area contributed by atoms with Crippen LogP contribution in [0.2, 0.25) is 0 Å². The van der Waals surface area contributed by atoms with Crippen molar-refractivity contribution in [1.82, 2.24) is 4.98 Å². The van der Waals surface area contributed by atoms with Gasteiger partial charge in [0.05, 0.1) is 40.6 Å². The fourth-order valence-corrected chi connectivity index (χ4v) is 2.39. The first-order valence-corrected chi connectivity index (χ1v) is 6.79. The van der Waals surface area contributed by atoms with Crippen molar-refractivity contribution in [3.05, 3.63) is 24.0 Å². The Bertz CT molecular complexity index is 684. The predicted octanol–water partition coefficient (Wildman–Crippen LogP) is 2.37. The van der Waals surface area contributed by atoms with Crippen LogP contribution in [0.15, 0.2) is 18.3 Å². The van der Waals surface area contributed by atoms with Crippen molar-refractivity contribution in [3.63, 3.8) is 0 Å². The summed E-state index contributed by atoms with van der Waals surface area (Å²) < 4.78 is 20.9. The van der Waals surface area contributed by atoms with Crippen LogP contribution in [-0.4, -0.2) is 39.4 Å². The molecule has 0 unspecified atom stereocenters. The molecule has 0 N–H and O–H groups in total. The Balaban J connectivity index is 2.61. The van der Waals surface area contributed by atoms with Gasteiger partial charge in [0, 0.05) is 18.0 Å². The van der Waals surface area contributed by atoms with Crippen LogP contribution in [0.1, 0.15) is 12.1 Å². The van der Waals surface area contributed by atoms with Gasteiger partial charge in [-0.3, -0.25) is 9.78 Å². The molecule has 0 aliphatic heterocycles. The molecule has 6 heteroatoms. The van der Waals surface area contributed by atoms with Gasteiger partial charge in [-0.15, -0.1) is 0 Å². The fourth-order valence-electron chi connectivity index (χ4n) is 2.39. The summed E-state index contributed by atoms with van der Waals surface area (Å²) in [5.41, 5.74) is 0.751. The maximum Gasteiger partial charge on any atom is 0.305 e. The number of hydrogen-bond donors (Lipinski definition) is 0. The van der Waals surface area contributed by atoms with E-state index < -0.39 is 0 Å². The second-order valence-electron chi connectivity index (χ2n) is 4.58. The Morgan fingerprint density at radius 3 is 2.41 bits per heavy atom. The molecule has 1 aromatic carbocycles. The Morgan fingerprint density at radius 1 is 1.09 bits per heavy atom. The molecule has 0 bridgehead atoms. The lowest BCUT2D eigenvalue weighted by atomic mass is 10.0. The second-order valence-corrected chi connectivity index (χ2v) is 4.58. The summed E-state index contributed by atoms with van der Waals surface area (Å²) in [4.78, 5) is 15.7. The van der Waals surface area contributed by atoms with E-state index in [2.05, 4.69) is 9.72 Å². The first-order chi connectivity index (χ1) is 10.7. The minimum Gasteiger partial charge on any atom is -0.493 e. The van der Waals surface area contributed by atoms with E-state index in [0.29, 0.717) is 23.7 Å². The molecular formula is C16H19NO5. The highest BCUT2D eigenvalue weighted by atomic mass is 16.5. The Hall–Kier alpha value is -2.50. The summed E-state index contributed by atoms with van der Waals surface area (Å²) >= 11 is 0. The van der Waals surface area contributed by atoms with Crippen molar-refractivity contribution < 1.29 is 23.7 Å². The Labute approximate surface area is 129 Å². The molecule has 1 heterocycles. The van der Waals surface area contributed by atoms with Gasteiger partial charge in [-0.25, -0.2) is 0 Å². The van der Waals surface area contributed by atoms with Crippen LogP contribution in [0.3, 0.4) is 0 Å². The van der Waals surface area contributed by atoms with Gasteiger partial charge in [-0.05, 0) is 17.5 Å². The van der Waals surface area contributed by atoms with Crippen LogP contribution in [0.4, 0.5) is 0 Å². The summed E-state index contributed by atoms with van der Waals surface area (Å²) in [5.74, 6) is 1.35. The third-order valence-corrected chi connectivity index (χ3v) is 3.43. The topological polar surface area (TPSA) is 66.9 Å². The van der Waals surface area contributed by atoms with Crippen molar-refractivity contribution in [1.29, 1.82) is 0 Å². The quantitative estimate of drug-likeness (QED) is 0.763. The van der Waals surface area contributed by atoms with Crippen molar-refractivity contribution >= 4 is 16.7 Å². The largest absolute Gasteiger partial charge is 0.493 e. The first kappa shape index (κ1) is 15.9. The zero-order valence-corrected chi connectivity index (χ0v) is 13.1. The molecule has 0 saturated heterocycles. The Kier molecular flexibility index (Phi) is 5.04. The highest BCUT2D eigenvalue weighted by molar-refractivity contribution is 5.95. The van der Waals surface area contributed by atoms with Crippen molar-refractivity contribution in [2.24, 2.45) is 0 Å². The number of carbonyl (C=O) groups excluding carboxylic acids is 1. The number of methoxy groups -OCH3 is 4. The van der Waals surface area contributed by atoms with Crippen molar-refractivity contribution in [2.75, 3.05) is 28.4 Å². The number of benzene rings is 1. The molecule has 0 aliphatic rings. The SMILES string of the molecule is COC(=O)CCc1nccc2cc(OC)c(OC)c(OC)c12. The van der Waals surface area contributed by atoms with E-state index in [4.69, 9.17) is 14.2 Å². The molecule has 1 aromatic heterocycles. The fraction of sp³-hybridized carbons (Fsp3) is 0.375.